The normalized spacial score (nSPS) is 11.6. The minimum Gasteiger partial charge on any atom is -0.322 e. The van der Waals surface area contributed by atoms with E-state index >= 15 is 0 Å². The molecule has 4 aromatic rings. The Kier molecular flexibility index (Phi) is 4.77. The molecule has 0 saturated heterocycles. The molecule has 0 fully saturated rings. The van der Waals surface area contributed by atoms with Gasteiger partial charge in [-0.3, -0.25) is 9.78 Å². The van der Waals surface area contributed by atoms with Crippen molar-refractivity contribution in [3.63, 3.8) is 0 Å². The van der Waals surface area contributed by atoms with Crippen LogP contribution in [0.3, 0.4) is 0 Å². The van der Waals surface area contributed by atoms with Crippen molar-refractivity contribution >= 4 is 17.2 Å². The van der Waals surface area contributed by atoms with Gasteiger partial charge in [-0.15, -0.1) is 0 Å². The summed E-state index contributed by atoms with van der Waals surface area (Å²) in [7, 11) is 0. The number of nitrogens with one attached hydrogen (secondary N) is 1. The number of aromatic nitrogens is 3. The number of amides is 1. The third-order valence-electron chi connectivity index (χ3n) is 4.71. The van der Waals surface area contributed by atoms with E-state index in [-0.39, 0.29) is 5.56 Å². The number of alkyl halides is 3. The number of anilines is 1. The third-order valence-corrected chi connectivity index (χ3v) is 4.71. The van der Waals surface area contributed by atoms with Crippen molar-refractivity contribution in [2.24, 2.45) is 0 Å². The maximum absolute atomic E-state index is 12.7. The van der Waals surface area contributed by atoms with Gasteiger partial charge >= 0.3 is 6.18 Å². The summed E-state index contributed by atoms with van der Waals surface area (Å²) in [5, 5.41) is 2.74. The predicted octanol–water partition coefficient (Wildman–Crippen LogP) is 5.28. The van der Waals surface area contributed by atoms with Gasteiger partial charge in [0.15, 0.2) is 0 Å². The maximum atomic E-state index is 12.7. The van der Waals surface area contributed by atoms with E-state index in [9.17, 15) is 18.0 Å². The lowest BCUT2D eigenvalue weighted by Crippen LogP contribution is -2.15. The molecule has 0 radical (unpaired) electrons. The molecule has 0 unspecified atom stereocenters. The van der Waals surface area contributed by atoms with Gasteiger partial charge in [-0.25, -0.2) is 4.98 Å². The first-order valence-electron chi connectivity index (χ1n) is 9.12. The molecule has 152 valence electrons. The molecule has 1 amide bonds. The van der Waals surface area contributed by atoms with Gasteiger partial charge in [0.25, 0.3) is 5.91 Å². The van der Waals surface area contributed by atoms with Crippen molar-refractivity contribution in [3.05, 3.63) is 83.4 Å². The van der Waals surface area contributed by atoms with Crippen molar-refractivity contribution in [3.8, 4) is 11.3 Å². The van der Waals surface area contributed by atoms with Crippen LogP contribution in [0, 0.1) is 13.8 Å². The number of imidazole rings is 1. The first-order valence-corrected chi connectivity index (χ1v) is 9.12. The molecule has 0 spiro atoms. The SMILES string of the molecule is Cc1ccn2cc(-c3ccc(C)c(NC(=O)c4ccc(C(F)(F)F)nc4)c3)nc2c1. The van der Waals surface area contributed by atoms with E-state index in [4.69, 9.17) is 0 Å². The van der Waals surface area contributed by atoms with Crippen molar-refractivity contribution in [1.82, 2.24) is 14.4 Å². The van der Waals surface area contributed by atoms with Crippen LogP contribution in [0.1, 0.15) is 27.2 Å². The van der Waals surface area contributed by atoms with E-state index in [2.05, 4.69) is 15.3 Å². The second-order valence-electron chi connectivity index (χ2n) is 7.01. The van der Waals surface area contributed by atoms with Gasteiger partial charge in [0.2, 0.25) is 0 Å². The zero-order valence-corrected chi connectivity index (χ0v) is 16.2. The largest absolute Gasteiger partial charge is 0.433 e. The minimum absolute atomic E-state index is 0.0380. The number of benzene rings is 1. The molecule has 8 heteroatoms. The van der Waals surface area contributed by atoms with Crippen LogP contribution in [0.25, 0.3) is 16.9 Å². The van der Waals surface area contributed by atoms with Crippen LogP contribution >= 0.6 is 0 Å². The summed E-state index contributed by atoms with van der Waals surface area (Å²) in [6.45, 7) is 3.82. The molecule has 0 atom stereocenters. The summed E-state index contributed by atoms with van der Waals surface area (Å²) in [5.74, 6) is -0.540. The smallest absolute Gasteiger partial charge is 0.322 e. The highest BCUT2D eigenvalue weighted by Crippen LogP contribution is 2.28. The molecular formula is C22H17F3N4O. The number of hydrogen-bond acceptors (Lipinski definition) is 3. The van der Waals surface area contributed by atoms with Crippen LogP contribution in [0.4, 0.5) is 18.9 Å². The summed E-state index contributed by atoms with van der Waals surface area (Å²) < 4.78 is 39.9. The number of aryl methyl sites for hydroxylation is 2. The number of carbonyl (C=O) groups is 1. The number of nitrogens with zero attached hydrogens (tertiary/aromatic N) is 3. The molecule has 0 aliphatic rings. The molecule has 0 bridgehead atoms. The molecule has 1 N–H and O–H groups in total. The Morgan fingerprint density at radius 3 is 2.57 bits per heavy atom. The molecule has 3 aromatic heterocycles. The third kappa shape index (κ3) is 3.89. The van der Waals surface area contributed by atoms with Crippen LogP contribution in [0.15, 0.2) is 61.1 Å². The lowest BCUT2D eigenvalue weighted by atomic mass is 10.1. The fraction of sp³-hybridized carbons (Fsp3) is 0.136. The number of fused-ring (bicyclic) bond motifs is 1. The van der Waals surface area contributed by atoms with Gasteiger partial charge < -0.3 is 9.72 Å². The highest BCUT2D eigenvalue weighted by molar-refractivity contribution is 6.04. The molecule has 3 heterocycles. The Bertz CT molecular complexity index is 1240. The van der Waals surface area contributed by atoms with Gasteiger partial charge in [0.1, 0.15) is 11.3 Å². The van der Waals surface area contributed by atoms with Crippen LogP contribution in [0.5, 0.6) is 0 Å². The number of hydrogen-bond donors (Lipinski definition) is 1. The molecule has 0 aliphatic carbocycles. The fourth-order valence-corrected chi connectivity index (χ4v) is 3.03. The first kappa shape index (κ1) is 19.6. The summed E-state index contributed by atoms with van der Waals surface area (Å²) >= 11 is 0. The second-order valence-corrected chi connectivity index (χ2v) is 7.01. The molecule has 1 aromatic carbocycles. The number of halogens is 3. The van der Waals surface area contributed by atoms with Crippen LogP contribution < -0.4 is 5.32 Å². The Morgan fingerprint density at radius 1 is 1.07 bits per heavy atom. The second kappa shape index (κ2) is 7.29. The van der Waals surface area contributed by atoms with Crippen molar-refractivity contribution in [2.75, 3.05) is 5.32 Å². The first-order chi connectivity index (χ1) is 14.2. The highest BCUT2D eigenvalue weighted by Gasteiger charge is 2.32. The van der Waals surface area contributed by atoms with E-state index < -0.39 is 17.8 Å². The zero-order valence-electron chi connectivity index (χ0n) is 16.2. The predicted molar refractivity (Wildman–Crippen MR) is 107 cm³/mol. The van der Waals surface area contributed by atoms with Crippen molar-refractivity contribution < 1.29 is 18.0 Å². The lowest BCUT2D eigenvalue weighted by Gasteiger charge is -2.11. The fourth-order valence-electron chi connectivity index (χ4n) is 3.03. The molecule has 0 saturated carbocycles. The van der Waals surface area contributed by atoms with E-state index in [1.807, 2.05) is 54.9 Å². The van der Waals surface area contributed by atoms with E-state index in [1.165, 1.54) is 0 Å². The molecule has 4 rings (SSSR count). The topological polar surface area (TPSA) is 59.3 Å². The molecular weight excluding hydrogens is 393 g/mol. The molecule has 5 nitrogen and oxygen atoms in total. The zero-order chi connectivity index (χ0) is 21.5. The standard InChI is InChI=1S/C22H17F3N4O/c1-13-7-8-29-12-18(27-20(29)9-13)15-4-3-14(2)17(10-15)28-21(30)16-5-6-19(26-11-16)22(23,24)25/h3-12H,1-2H3,(H,28,30). The highest BCUT2D eigenvalue weighted by atomic mass is 19.4. The lowest BCUT2D eigenvalue weighted by molar-refractivity contribution is -0.141. The van der Waals surface area contributed by atoms with Crippen LogP contribution in [0.2, 0.25) is 0 Å². The Labute approximate surface area is 170 Å². The Hall–Kier alpha value is -3.68. The van der Waals surface area contributed by atoms with Gasteiger partial charge in [0.05, 0.1) is 11.3 Å². The molecule has 30 heavy (non-hydrogen) atoms. The Morgan fingerprint density at radius 2 is 1.87 bits per heavy atom. The Balaban J connectivity index is 1.60. The van der Waals surface area contributed by atoms with Crippen LogP contribution in [-0.4, -0.2) is 20.3 Å². The number of pyridine rings is 2. The van der Waals surface area contributed by atoms with E-state index in [1.54, 1.807) is 6.07 Å². The summed E-state index contributed by atoms with van der Waals surface area (Å²) in [6.07, 6.45) is 0.189. The average molecular weight is 410 g/mol. The van der Waals surface area contributed by atoms with Crippen molar-refractivity contribution in [1.29, 1.82) is 0 Å². The van der Waals surface area contributed by atoms with E-state index in [0.29, 0.717) is 5.69 Å². The summed E-state index contributed by atoms with van der Waals surface area (Å²) in [4.78, 5) is 20.5. The maximum Gasteiger partial charge on any atom is 0.433 e. The van der Waals surface area contributed by atoms with E-state index in [0.717, 1.165) is 46.4 Å². The van der Waals surface area contributed by atoms with Gasteiger partial charge in [-0.2, -0.15) is 13.2 Å². The monoisotopic (exact) mass is 410 g/mol. The molecule has 0 aliphatic heterocycles. The summed E-state index contributed by atoms with van der Waals surface area (Å²) in [6, 6.07) is 11.4. The average Bonchev–Trinajstić information content (AvgIpc) is 3.12. The van der Waals surface area contributed by atoms with Crippen molar-refractivity contribution in [2.45, 2.75) is 20.0 Å². The van der Waals surface area contributed by atoms with Gasteiger partial charge in [-0.1, -0.05) is 12.1 Å². The minimum atomic E-state index is -4.55. The van der Waals surface area contributed by atoms with Gasteiger partial charge in [0, 0.05) is 29.8 Å². The van der Waals surface area contributed by atoms with Gasteiger partial charge in [-0.05, 0) is 55.3 Å². The quantitative estimate of drug-likeness (QED) is 0.500. The number of rotatable bonds is 3. The van der Waals surface area contributed by atoms with Crippen LogP contribution in [-0.2, 0) is 6.18 Å². The number of carbonyl (C=O) groups excluding carboxylic acids is 1. The summed E-state index contributed by atoms with van der Waals surface area (Å²) in [5.41, 5.74) is 3.82.